The van der Waals surface area contributed by atoms with Crippen molar-refractivity contribution in [2.75, 3.05) is 24.3 Å². The number of primary amides is 1. The van der Waals surface area contributed by atoms with Crippen molar-refractivity contribution in [3.63, 3.8) is 0 Å². The summed E-state index contributed by atoms with van der Waals surface area (Å²) in [4.78, 5) is 50.9. The van der Waals surface area contributed by atoms with Crippen molar-refractivity contribution < 1.29 is 23.9 Å². The number of hydrogen-bond acceptors (Lipinski definition) is 5. The van der Waals surface area contributed by atoms with Crippen molar-refractivity contribution in [2.24, 2.45) is 5.73 Å². The van der Waals surface area contributed by atoms with E-state index in [-0.39, 0.29) is 5.91 Å². The van der Waals surface area contributed by atoms with Gasteiger partial charge >= 0.3 is 18.0 Å². The van der Waals surface area contributed by atoms with Gasteiger partial charge in [-0.1, -0.05) is 24.3 Å². The number of likely N-dealkylation sites (tertiary alicyclic amines) is 1. The molecule has 10 nitrogen and oxygen atoms in total. The number of anilines is 2. The summed E-state index contributed by atoms with van der Waals surface area (Å²) in [5, 5.41) is 6.22. The number of methoxy groups -OCH3 is 1. The number of rotatable bonds is 4. The van der Waals surface area contributed by atoms with Gasteiger partial charge in [0.05, 0.1) is 23.9 Å². The van der Waals surface area contributed by atoms with Gasteiger partial charge in [0, 0.05) is 23.8 Å². The maximum absolute atomic E-state index is 13.0. The number of fused-ring (bicyclic) bond motifs is 1. The third-order valence-corrected chi connectivity index (χ3v) is 5.56. The molecular formula is C23H23N5O5. The molecule has 1 aromatic heterocycles. The second-order valence-corrected chi connectivity index (χ2v) is 7.61. The smallest absolute Gasteiger partial charge is 0.337 e. The standard InChI is InChI=1S/C23H23N5O5/c1-33-21(30)14-6-4-7-15(12-14)25-20(29)19-10-5-11-27(19)23(32)26-17-13-28(22(24)31)18-9-3-2-8-16(17)18/h2-4,6-9,12-13,19H,5,10-11H2,1H3,(H2,24,31)(H,25,29)(H,26,32)/t19-/m0/s1. The molecule has 1 fully saturated rings. The summed E-state index contributed by atoms with van der Waals surface area (Å²) in [5.74, 6) is -0.868. The average Bonchev–Trinajstić information content (AvgIpc) is 3.44. The predicted molar refractivity (Wildman–Crippen MR) is 122 cm³/mol. The molecular weight excluding hydrogens is 426 g/mol. The molecule has 4 rings (SSSR count). The number of nitrogens with one attached hydrogen (secondary N) is 2. The number of carbonyl (C=O) groups excluding carboxylic acids is 4. The Morgan fingerprint density at radius 1 is 1.06 bits per heavy atom. The first-order chi connectivity index (χ1) is 15.9. The van der Waals surface area contributed by atoms with Crippen molar-refractivity contribution in [2.45, 2.75) is 18.9 Å². The average molecular weight is 449 g/mol. The minimum absolute atomic E-state index is 0.308. The lowest BCUT2D eigenvalue weighted by Crippen LogP contribution is -2.45. The van der Waals surface area contributed by atoms with Crippen LogP contribution in [0.3, 0.4) is 0 Å². The summed E-state index contributed by atoms with van der Waals surface area (Å²) in [5.41, 5.74) is 7.17. The van der Waals surface area contributed by atoms with Gasteiger partial charge in [-0.15, -0.1) is 0 Å². The molecule has 0 aliphatic carbocycles. The Hall–Kier alpha value is -4.34. The number of aromatic nitrogens is 1. The van der Waals surface area contributed by atoms with Crippen LogP contribution in [0.1, 0.15) is 23.2 Å². The summed E-state index contributed by atoms with van der Waals surface area (Å²) >= 11 is 0. The SMILES string of the molecule is COC(=O)c1cccc(NC(=O)[C@@H]2CCCN2C(=O)Nc2cn(C(N)=O)c3ccccc23)c1. The number of benzene rings is 2. The molecule has 4 amide bonds. The van der Waals surface area contributed by atoms with E-state index in [0.717, 1.165) is 0 Å². The van der Waals surface area contributed by atoms with E-state index in [4.69, 9.17) is 10.5 Å². The highest BCUT2D eigenvalue weighted by atomic mass is 16.5. The molecule has 1 atom stereocenters. The van der Waals surface area contributed by atoms with Gasteiger partial charge in [-0.25, -0.2) is 14.4 Å². The predicted octanol–water partition coefficient (Wildman–Crippen LogP) is 2.99. The highest BCUT2D eigenvalue weighted by molar-refractivity contribution is 6.06. The highest BCUT2D eigenvalue weighted by Gasteiger charge is 2.34. The third kappa shape index (κ3) is 4.36. The van der Waals surface area contributed by atoms with Crippen molar-refractivity contribution in [3.05, 3.63) is 60.3 Å². The van der Waals surface area contributed by atoms with Gasteiger partial charge < -0.3 is 26.0 Å². The van der Waals surface area contributed by atoms with Crippen LogP contribution in [-0.2, 0) is 9.53 Å². The number of urea groups is 1. The zero-order chi connectivity index (χ0) is 23.5. The summed E-state index contributed by atoms with van der Waals surface area (Å²) in [7, 11) is 1.28. The van der Waals surface area contributed by atoms with Gasteiger partial charge in [-0.05, 0) is 37.1 Å². The minimum Gasteiger partial charge on any atom is -0.465 e. The minimum atomic E-state index is -0.684. The highest BCUT2D eigenvalue weighted by Crippen LogP contribution is 2.27. The molecule has 1 saturated heterocycles. The van der Waals surface area contributed by atoms with Crippen LogP contribution in [0.5, 0.6) is 0 Å². The molecule has 4 N–H and O–H groups in total. The van der Waals surface area contributed by atoms with Crippen LogP contribution in [0, 0.1) is 0 Å². The van der Waals surface area contributed by atoms with Gasteiger partial charge in [0.25, 0.3) is 0 Å². The third-order valence-electron chi connectivity index (χ3n) is 5.56. The fraction of sp³-hybridized carbons (Fsp3) is 0.217. The first-order valence-corrected chi connectivity index (χ1v) is 10.4. The molecule has 0 spiro atoms. The van der Waals surface area contributed by atoms with E-state index >= 15 is 0 Å². The maximum Gasteiger partial charge on any atom is 0.337 e. The van der Waals surface area contributed by atoms with Crippen LogP contribution in [0.25, 0.3) is 10.9 Å². The zero-order valence-corrected chi connectivity index (χ0v) is 17.9. The summed E-state index contributed by atoms with van der Waals surface area (Å²) in [6.07, 6.45) is 2.63. The van der Waals surface area contributed by atoms with E-state index in [9.17, 15) is 19.2 Å². The Kier molecular flexibility index (Phi) is 5.99. The van der Waals surface area contributed by atoms with Crippen LogP contribution < -0.4 is 16.4 Å². The fourth-order valence-electron chi connectivity index (χ4n) is 4.00. The number of nitrogens with two attached hydrogens (primary N) is 1. The Morgan fingerprint density at radius 3 is 2.61 bits per heavy atom. The molecule has 0 saturated carbocycles. The molecule has 2 heterocycles. The molecule has 1 aliphatic heterocycles. The molecule has 170 valence electrons. The van der Waals surface area contributed by atoms with Gasteiger partial charge in [0.15, 0.2) is 0 Å². The Bertz CT molecular complexity index is 1250. The van der Waals surface area contributed by atoms with E-state index in [1.54, 1.807) is 42.5 Å². The lowest BCUT2D eigenvalue weighted by atomic mass is 10.1. The van der Waals surface area contributed by atoms with Crippen LogP contribution in [0.4, 0.5) is 21.0 Å². The van der Waals surface area contributed by atoms with Crippen LogP contribution >= 0.6 is 0 Å². The quantitative estimate of drug-likeness (QED) is 0.526. The van der Waals surface area contributed by atoms with E-state index in [1.807, 2.05) is 0 Å². The summed E-state index contributed by atoms with van der Waals surface area (Å²) < 4.78 is 5.96. The maximum atomic E-state index is 13.0. The first-order valence-electron chi connectivity index (χ1n) is 10.4. The summed E-state index contributed by atoms with van der Waals surface area (Å²) in [6, 6.07) is 11.6. The van der Waals surface area contributed by atoms with E-state index in [0.29, 0.717) is 47.2 Å². The number of esters is 1. The molecule has 0 unspecified atom stereocenters. The van der Waals surface area contributed by atoms with Crippen LogP contribution in [-0.4, -0.2) is 53.1 Å². The number of carbonyl (C=O) groups is 4. The second kappa shape index (κ2) is 9.03. The first kappa shape index (κ1) is 21.9. The molecule has 2 aromatic carbocycles. The molecule has 3 aromatic rings. The van der Waals surface area contributed by atoms with E-state index in [2.05, 4.69) is 10.6 Å². The Labute approximate surface area is 189 Å². The van der Waals surface area contributed by atoms with Gasteiger partial charge in [-0.2, -0.15) is 0 Å². The molecule has 1 aliphatic rings. The number of amides is 4. The van der Waals surface area contributed by atoms with Crippen molar-refractivity contribution >= 4 is 46.2 Å². The fourth-order valence-corrected chi connectivity index (χ4v) is 4.00. The van der Waals surface area contributed by atoms with Crippen molar-refractivity contribution in [3.8, 4) is 0 Å². The van der Waals surface area contributed by atoms with Gasteiger partial charge in [-0.3, -0.25) is 9.36 Å². The number of ether oxygens (including phenoxy) is 1. The van der Waals surface area contributed by atoms with Crippen LogP contribution in [0.2, 0.25) is 0 Å². The van der Waals surface area contributed by atoms with E-state index < -0.39 is 24.1 Å². The normalized spacial score (nSPS) is 15.3. The number of nitrogens with zero attached hydrogens (tertiary/aromatic N) is 2. The van der Waals surface area contributed by atoms with Crippen LogP contribution in [0.15, 0.2) is 54.7 Å². The van der Waals surface area contributed by atoms with E-state index in [1.165, 1.54) is 28.8 Å². The van der Waals surface area contributed by atoms with Crippen molar-refractivity contribution in [1.29, 1.82) is 0 Å². The topological polar surface area (TPSA) is 136 Å². The summed E-state index contributed by atoms with van der Waals surface area (Å²) in [6.45, 7) is 0.403. The molecule has 0 radical (unpaired) electrons. The monoisotopic (exact) mass is 449 g/mol. The Morgan fingerprint density at radius 2 is 1.85 bits per heavy atom. The second-order valence-electron chi connectivity index (χ2n) is 7.61. The van der Waals surface area contributed by atoms with Gasteiger partial charge in [0.1, 0.15) is 6.04 Å². The lowest BCUT2D eigenvalue weighted by molar-refractivity contribution is -0.119. The number of hydrogen-bond donors (Lipinski definition) is 3. The molecule has 10 heteroatoms. The molecule has 33 heavy (non-hydrogen) atoms. The van der Waals surface area contributed by atoms with Gasteiger partial charge in [0.2, 0.25) is 5.91 Å². The Balaban J connectivity index is 1.50. The van der Waals surface area contributed by atoms with Crippen molar-refractivity contribution in [1.82, 2.24) is 9.47 Å². The molecule has 0 bridgehead atoms. The lowest BCUT2D eigenvalue weighted by Gasteiger charge is -2.24. The largest absolute Gasteiger partial charge is 0.465 e. The number of para-hydroxylation sites is 1. The zero-order valence-electron chi connectivity index (χ0n) is 17.9.